The van der Waals surface area contributed by atoms with E-state index in [2.05, 4.69) is 10.4 Å². The van der Waals surface area contributed by atoms with Crippen LogP contribution in [0.5, 0.6) is 0 Å². The van der Waals surface area contributed by atoms with Crippen molar-refractivity contribution in [2.75, 3.05) is 18.4 Å². The number of nitrogens with zero attached hydrogens (tertiary/aromatic N) is 3. The van der Waals surface area contributed by atoms with Gasteiger partial charge in [-0.05, 0) is 19.3 Å². The summed E-state index contributed by atoms with van der Waals surface area (Å²) in [5.41, 5.74) is -1.46. The molecule has 2 unspecified atom stereocenters. The average Bonchev–Trinajstić information content (AvgIpc) is 2.89. The molecule has 0 aromatic carbocycles. The molecule has 134 valence electrons. The molecular formula is C14H19F3N4O3. The molecule has 10 heteroatoms. The molecular weight excluding hydrogens is 329 g/mol. The molecule has 0 spiro atoms. The van der Waals surface area contributed by atoms with Gasteiger partial charge in [0.05, 0.1) is 17.8 Å². The van der Waals surface area contributed by atoms with E-state index in [4.69, 9.17) is 5.11 Å². The number of hydrogen-bond donors (Lipinski definition) is 2. The first-order chi connectivity index (χ1) is 11.1. The van der Waals surface area contributed by atoms with Gasteiger partial charge in [0.2, 0.25) is 0 Å². The molecule has 2 N–H and O–H groups in total. The first kappa shape index (κ1) is 18.1. The lowest BCUT2D eigenvalue weighted by Crippen LogP contribution is -2.47. The molecule has 0 bridgehead atoms. The van der Waals surface area contributed by atoms with Crippen LogP contribution in [-0.4, -0.2) is 44.9 Å². The quantitative estimate of drug-likeness (QED) is 0.879. The van der Waals surface area contributed by atoms with E-state index >= 15 is 0 Å². The Labute approximate surface area is 136 Å². The molecule has 1 saturated heterocycles. The van der Waals surface area contributed by atoms with E-state index in [-0.39, 0.29) is 19.0 Å². The van der Waals surface area contributed by atoms with Crippen molar-refractivity contribution < 1.29 is 27.9 Å². The molecule has 1 aromatic rings. The van der Waals surface area contributed by atoms with Gasteiger partial charge in [0.15, 0.2) is 5.69 Å². The summed E-state index contributed by atoms with van der Waals surface area (Å²) < 4.78 is 40.2. The molecule has 0 aliphatic carbocycles. The monoisotopic (exact) mass is 348 g/mol. The van der Waals surface area contributed by atoms with Crippen molar-refractivity contribution in [3.63, 3.8) is 0 Å². The highest BCUT2D eigenvalue weighted by atomic mass is 19.4. The van der Waals surface area contributed by atoms with E-state index in [1.165, 1.54) is 11.8 Å². The van der Waals surface area contributed by atoms with E-state index in [1.54, 1.807) is 6.92 Å². The lowest BCUT2D eigenvalue weighted by Gasteiger charge is -2.34. The van der Waals surface area contributed by atoms with Gasteiger partial charge in [-0.25, -0.2) is 4.79 Å². The SMILES string of the molecule is CCn1ncc(NC(=O)N2CC(C)CC(C(=O)O)C2)c1C(F)(F)F. The van der Waals surface area contributed by atoms with Gasteiger partial charge in [0.25, 0.3) is 0 Å². The zero-order chi connectivity index (χ0) is 18.1. The number of aromatic nitrogens is 2. The first-order valence-electron chi connectivity index (χ1n) is 7.55. The second-order valence-corrected chi connectivity index (χ2v) is 5.93. The van der Waals surface area contributed by atoms with Crippen LogP contribution in [-0.2, 0) is 17.5 Å². The number of piperidine rings is 1. The Morgan fingerprint density at radius 1 is 1.42 bits per heavy atom. The van der Waals surface area contributed by atoms with Gasteiger partial charge < -0.3 is 15.3 Å². The summed E-state index contributed by atoms with van der Waals surface area (Å²) in [6.45, 7) is 3.57. The zero-order valence-corrected chi connectivity index (χ0v) is 13.3. The molecule has 0 radical (unpaired) electrons. The number of anilines is 1. The van der Waals surface area contributed by atoms with Crippen molar-refractivity contribution in [1.29, 1.82) is 0 Å². The number of alkyl halides is 3. The van der Waals surface area contributed by atoms with Crippen molar-refractivity contribution in [1.82, 2.24) is 14.7 Å². The standard InChI is InChI=1S/C14H19F3N4O3/c1-3-21-11(14(15,16)17)10(5-18-21)19-13(24)20-6-8(2)4-9(7-20)12(22)23/h5,8-9H,3-4,6-7H2,1-2H3,(H,19,24)(H,22,23). The number of halogens is 3. The predicted octanol–water partition coefficient (Wildman–Crippen LogP) is 2.50. The minimum absolute atomic E-state index is 0.00650. The average molecular weight is 348 g/mol. The normalized spacial score (nSPS) is 21.6. The Hall–Kier alpha value is -2.26. The van der Waals surface area contributed by atoms with Crippen molar-refractivity contribution in [2.45, 2.75) is 33.0 Å². The number of nitrogens with one attached hydrogen (secondary N) is 1. The van der Waals surface area contributed by atoms with E-state index in [0.717, 1.165) is 10.9 Å². The van der Waals surface area contributed by atoms with Gasteiger partial charge in [-0.15, -0.1) is 0 Å². The number of hydrogen-bond acceptors (Lipinski definition) is 3. The minimum Gasteiger partial charge on any atom is -0.481 e. The second-order valence-electron chi connectivity index (χ2n) is 5.93. The van der Waals surface area contributed by atoms with Crippen LogP contribution in [0.25, 0.3) is 0 Å². The summed E-state index contributed by atoms with van der Waals surface area (Å²) in [7, 11) is 0. The van der Waals surface area contributed by atoms with Crippen molar-refractivity contribution in [3.8, 4) is 0 Å². The van der Waals surface area contributed by atoms with Crippen molar-refractivity contribution >= 4 is 17.7 Å². The number of carboxylic acid groups (broad SMARTS) is 1. The molecule has 2 heterocycles. The third-order valence-electron chi connectivity index (χ3n) is 3.95. The number of aliphatic carboxylic acids is 1. The molecule has 7 nitrogen and oxygen atoms in total. The highest BCUT2D eigenvalue weighted by Gasteiger charge is 2.39. The van der Waals surface area contributed by atoms with Gasteiger partial charge in [-0.1, -0.05) is 6.92 Å². The fourth-order valence-corrected chi connectivity index (χ4v) is 2.91. The Bertz CT molecular complexity index is 629. The van der Waals surface area contributed by atoms with Crippen molar-refractivity contribution in [3.05, 3.63) is 11.9 Å². The lowest BCUT2D eigenvalue weighted by molar-refractivity contribution is -0.144. The Kier molecular flexibility index (Phi) is 5.05. The van der Waals surface area contributed by atoms with Crippen LogP contribution in [0.4, 0.5) is 23.7 Å². The Balaban J connectivity index is 2.18. The summed E-state index contributed by atoms with van der Waals surface area (Å²) in [4.78, 5) is 24.6. The van der Waals surface area contributed by atoms with Crippen LogP contribution in [0.15, 0.2) is 6.20 Å². The van der Waals surface area contributed by atoms with E-state index in [1.807, 2.05) is 0 Å². The summed E-state index contributed by atoms with van der Waals surface area (Å²) in [6, 6.07) is -0.756. The van der Waals surface area contributed by atoms with E-state index in [0.29, 0.717) is 13.0 Å². The maximum Gasteiger partial charge on any atom is 0.435 e. The van der Waals surface area contributed by atoms with Gasteiger partial charge in [0.1, 0.15) is 0 Å². The molecule has 0 saturated carbocycles. The number of rotatable bonds is 3. The van der Waals surface area contributed by atoms with E-state index < -0.39 is 35.5 Å². The number of amides is 2. The number of aryl methyl sites for hydroxylation is 1. The predicted molar refractivity (Wildman–Crippen MR) is 78.4 cm³/mol. The Morgan fingerprint density at radius 3 is 2.62 bits per heavy atom. The van der Waals surface area contributed by atoms with Gasteiger partial charge in [-0.3, -0.25) is 9.48 Å². The smallest absolute Gasteiger partial charge is 0.435 e. The fourth-order valence-electron chi connectivity index (χ4n) is 2.91. The molecule has 2 rings (SSSR count). The van der Waals surface area contributed by atoms with Crippen LogP contribution in [0.1, 0.15) is 26.0 Å². The molecule has 2 atom stereocenters. The van der Waals surface area contributed by atoms with Crippen molar-refractivity contribution in [2.24, 2.45) is 11.8 Å². The molecule has 1 fully saturated rings. The molecule has 1 aromatic heterocycles. The molecule has 1 aliphatic rings. The summed E-state index contributed by atoms with van der Waals surface area (Å²) in [5, 5.41) is 14.9. The third-order valence-corrected chi connectivity index (χ3v) is 3.95. The van der Waals surface area contributed by atoms with Crippen LogP contribution < -0.4 is 5.32 Å². The highest BCUT2D eigenvalue weighted by molar-refractivity contribution is 5.90. The summed E-state index contributed by atoms with van der Waals surface area (Å²) >= 11 is 0. The zero-order valence-electron chi connectivity index (χ0n) is 13.3. The van der Waals surface area contributed by atoms with Gasteiger partial charge in [0, 0.05) is 19.6 Å². The number of carbonyl (C=O) groups is 2. The van der Waals surface area contributed by atoms with Gasteiger partial charge >= 0.3 is 18.2 Å². The fraction of sp³-hybridized carbons (Fsp3) is 0.643. The van der Waals surface area contributed by atoms with E-state index in [9.17, 15) is 22.8 Å². The highest BCUT2D eigenvalue weighted by Crippen LogP contribution is 2.35. The number of urea groups is 1. The first-order valence-corrected chi connectivity index (χ1v) is 7.55. The molecule has 1 aliphatic heterocycles. The molecule has 24 heavy (non-hydrogen) atoms. The van der Waals surface area contributed by atoms with Crippen LogP contribution in [0.3, 0.4) is 0 Å². The largest absolute Gasteiger partial charge is 0.481 e. The number of carbonyl (C=O) groups excluding carboxylic acids is 1. The summed E-state index contributed by atoms with van der Waals surface area (Å²) in [6.07, 6.45) is -3.28. The number of carboxylic acids is 1. The van der Waals surface area contributed by atoms with Crippen LogP contribution >= 0.6 is 0 Å². The molecule has 2 amide bonds. The lowest BCUT2D eigenvalue weighted by atomic mass is 9.91. The maximum absolute atomic E-state index is 13.1. The second kappa shape index (κ2) is 6.70. The number of likely N-dealkylation sites (tertiary alicyclic amines) is 1. The van der Waals surface area contributed by atoms with Gasteiger partial charge in [-0.2, -0.15) is 18.3 Å². The Morgan fingerprint density at radius 2 is 2.08 bits per heavy atom. The maximum atomic E-state index is 13.1. The van der Waals surface area contributed by atoms with Crippen LogP contribution in [0.2, 0.25) is 0 Å². The topological polar surface area (TPSA) is 87.5 Å². The third kappa shape index (κ3) is 3.80. The van der Waals surface area contributed by atoms with Crippen LogP contribution in [0, 0.1) is 11.8 Å². The summed E-state index contributed by atoms with van der Waals surface area (Å²) in [5.74, 6) is -1.79. The minimum atomic E-state index is -4.66.